The van der Waals surface area contributed by atoms with Gasteiger partial charge < -0.3 is 5.73 Å². The fourth-order valence-corrected chi connectivity index (χ4v) is 2.40. The molecule has 1 heterocycles. The van der Waals surface area contributed by atoms with Crippen LogP contribution in [0, 0.1) is 6.92 Å². The Hall–Kier alpha value is -1.29. The summed E-state index contributed by atoms with van der Waals surface area (Å²) in [5.74, 6) is 0.746. The van der Waals surface area contributed by atoms with Gasteiger partial charge in [-0.2, -0.15) is 5.10 Å². The van der Waals surface area contributed by atoms with Crippen LogP contribution < -0.4 is 5.73 Å². The number of nitrogens with two attached hydrogens (primary N) is 1. The summed E-state index contributed by atoms with van der Waals surface area (Å²) in [5, 5.41) is 4.51. The minimum atomic E-state index is 0.746. The van der Waals surface area contributed by atoms with Gasteiger partial charge in [0.25, 0.3) is 0 Å². The summed E-state index contributed by atoms with van der Waals surface area (Å²) in [6.07, 6.45) is 0.884. The molecule has 1 aromatic heterocycles. The van der Waals surface area contributed by atoms with E-state index >= 15 is 0 Å². The molecule has 0 fully saturated rings. The Labute approximate surface area is 110 Å². The van der Waals surface area contributed by atoms with Gasteiger partial charge in [0.2, 0.25) is 0 Å². The lowest BCUT2D eigenvalue weighted by molar-refractivity contribution is 0.781. The van der Waals surface area contributed by atoms with E-state index in [9.17, 15) is 0 Å². The number of aromatic nitrogens is 2. The maximum atomic E-state index is 6.02. The van der Waals surface area contributed by atoms with Gasteiger partial charge in [-0.25, -0.2) is 0 Å². The van der Waals surface area contributed by atoms with Gasteiger partial charge in [-0.1, -0.05) is 34.5 Å². The van der Waals surface area contributed by atoms with Crippen LogP contribution in [0.3, 0.4) is 0 Å². The van der Waals surface area contributed by atoms with E-state index in [0.717, 1.165) is 33.5 Å². The second kappa shape index (κ2) is 4.53. The first kappa shape index (κ1) is 12.2. The number of hydrogen-bond donors (Lipinski definition) is 1. The van der Waals surface area contributed by atoms with Crippen LogP contribution in [0.1, 0.15) is 18.1 Å². The van der Waals surface area contributed by atoms with Crippen molar-refractivity contribution in [2.75, 3.05) is 5.73 Å². The summed E-state index contributed by atoms with van der Waals surface area (Å²) in [7, 11) is 1.88. The number of halogens is 1. The van der Waals surface area contributed by atoms with E-state index in [2.05, 4.69) is 53.1 Å². The van der Waals surface area contributed by atoms with Crippen LogP contribution in [0.5, 0.6) is 0 Å². The van der Waals surface area contributed by atoms with Crippen molar-refractivity contribution in [2.24, 2.45) is 7.05 Å². The van der Waals surface area contributed by atoms with E-state index in [1.165, 1.54) is 5.56 Å². The third-order valence-electron chi connectivity index (χ3n) is 2.92. The standard InChI is InChI=1S/C13H16BrN3/c1-4-9-12(16-17(3)13(9)15)10-7-8(2)5-6-11(10)14/h5-7H,4,15H2,1-3H3. The predicted molar refractivity (Wildman–Crippen MR) is 74.9 cm³/mol. The van der Waals surface area contributed by atoms with Crippen LogP contribution in [-0.4, -0.2) is 9.78 Å². The molecule has 0 amide bonds. The monoisotopic (exact) mass is 293 g/mol. The van der Waals surface area contributed by atoms with Crippen molar-refractivity contribution >= 4 is 21.7 Å². The quantitative estimate of drug-likeness (QED) is 0.923. The summed E-state index contributed by atoms with van der Waals surface area (Å²) in [6.45, 7) is 4.18. The zero-order chi connectivity index (χ0) is 12.6. The average Bonchev–Trinajstić information content (AvgIpc) is 2.58. The first-order valence-corrected chi connectivity index (χ1v) is 6.41. The molecule has 0 aliphatic heterocycles. The molecule has 0 aliphatic rings. The number of benzene rings is 1. The Morgan fingerprint density at radius 2 is 2.12 bits per heavy atom. The van der Waals surface area contributed by atoms with E-state index in [1.54, 1.807) is 4.68 Å². The van der Waals surface area contributed by atoms with Gasteiger partial charge in [-0.3, -0.25) is 4.68 Å². The van der Waals surface area contributed by atoms with Crippen molar-refractivity contribution in [2.45, 2.75) is 20.3 Å². The number of nitrogens with zero attached hydrogens (tertiary/aromatic N) is 2. The Morgan fingerprint density at radius 3 is 2.76 bits per heavy atom. The van der Waals surface area contributed by atoms with Gasteiger partial charge in [-0.15, -0.1) is 0 Å². The van der Waals surface area contributed by atoms with Crippen molar-refractivity contribution in [3.63, 3.8) is 0 Å². The molecule has 0 saturated heterocycles. The van der Waals surface area contributed by atoms with Gasteiger partial charge >= 0.3 is 0 Å². The first-order chi connectivity index (χ1) is 8.04. The van der Waals surface area contributed by atoms with Crippen molar-refractivity contribution in [3.05, 3.63) is 33.8 Å². The van der Waals surface area contributed by atoms with Crippen molar-refractivity contribution in [3.8, 4) is 11.3 Å². The third kappa shape index (κ3) is 2.09. The second-order valence-corrected chi connectivity index (χ2v) is 5.03. The molecular formula is C13H16BrN3. The van der Waals surface area contributed by atoms with Crippen molar-refractivity contribution in [1.82, 2.24) is 9.78 Å². The molecule has 90 valence electrons. The highest BCUT2D eigenvalue weighted by molar-refractivity contribution is 9.10. The molecule has 0 spiro atoms. The van der Waals surface area contributed by atoms with Crippen LogP contribution in [0.2, 0.25) is 0 Å². The third-order valence-corrected chi connectivity index (χ3v) is 3.62. The molecule has 0 radical (unpaired) electrons. The summed E-state index contributed by atoms with van der Waals surface area (Å²) in [5.41, 5.74) is 10.4. The van der Waals surface area contributed by atoms with E-state index < -0.39 is 0 Å². The van der Waals surface area contributed by atoms with E-state index in [1.807, 2.05) is 7.05 Å². The zero-order valence-corrected chi connectivity index (χ0v) is 11.9. The van der Waals surface area contributed by atoms with Crippen LogP contribution in [-0.2, 0) is 13.5 Å². The largest absolute Gasteiger partial charge is 0.384 e. The fourth-order valence-electron chi connectivity index (χ4n) is 1.97. The highest BCUT2D eigenvalue weighted by Gasteiger charge is 2.15. The second-order valence-electron chi connectivity index (χ2n) is 4.17. The SMILES string of the molecule is CCc1c(-c2cc(C)ccc2Br)nn(C)c1N. The molecule has 1 aromatic carbocycles. The number of anilines is 1. The van der Waals surface area contributed by atoms with Gasteiger partial charge in [0, 0.05) is 22.6 Å². The van der Waals surface area contributed by atoms with E-state index in [4.69, 9.17) is 5.73 Å². The molecule has 0 aliphatic carbocycles. The molecule has 0 bridgehead atoms. The molecule has 2 rings (SSSR count). The van der Waals surface area contributed by atoms with E-state index in [0.29, 0.717) is 0 Å². The molecule has 0 unspecified atom stereocenters. The minimum Gasteiger partial charge on any atom is -0.384 e. The zero-order valence-electron chi connectivity index (χ0n) is 10.3. The van der Waals surface area contributed by atoms with Crippen LogP contribution in [0.15, 0.2) is 22.7 Å². The first-order valence-electron chi connectivity index (χ1n) is 5.62. The number of aryl methyl sites for hydroxylation is 2. The number of hydrogen-bond acceptors (Lipinski definition) is 2. The highest BCUT2D eigenvalue weighted by atomic mass is 79.9. The van der Waals surface area contributed by atoms with E-state index in [-0.39, 0.29) is 0 Å². The maximum Gasteiger partial charge on any atom is 0.125 e. The molecule has 3 nitrogen and oxygen atoms in total. The maximum absolute atomic E-state index is 6.02. The lowest BCUT2D eigenvalue weighted by Gasteiger charge is -2.05. The summed E-state index contributed by atoms with van der Waals surface area (Å²) in [4.78, 5) is 0. The van der Waals surface area contributed by atoms with Gasteiger partial charge in [-0.05, 0) is 25.5 Å². The van der Waals surface area contributed by atoms with Crippen molar-refractivity contribution in [1.29, 1.82) is 0 Å². The smallest absolute Gasteiger partial charge is 0.125 e. The Balaban J connectivity index is 2.68. The summed E-state index contributed by atoms with van der Waals surface area (Å²) in [6, 6.07) is 6.26. The normalized spacial score (nSPS) is 10.8. The number of nitrogen functional groups attached to an aromatic ring is 1. The lowest BCUT2D eigenvalue weighted by atomic mass is 10.0. The van der Waals surface area contributed by atoms with Gasteiger partial charge in [0.1, 0.15) is 5.82 Å². The molecule has 4 heteroatoms. The lowest BCUT2D eigenvalue weighted by Crippen LogP contribution is -1.98. The van der Waals surface area contributed by atoms with Crippen LogP contribution >= 0.6 is 15.9 Å². The van der Waals surface area contributed by atoms with Gasteiger partial charge in [0.05, 0.1) is 5.69 Å². The van der Waals surface area contributed by atoms with Gasteiger partial charge in [0.15, 0.2) is 0 Å². The van der Waals surface area contributed by atoms with Crippen molar-refractivity contribution < 1.29 is 0 Å². The highest BCUT2D eigenvalue weighted by Crippen LogP contribution is 2.33. The Kier molecular flexibility index (Phi) is 3.24. The van der Waals surface area contributed by atoms with Crippen LogP contribution in [0.25, 0.3) is 11.3 Å². The Morgan fingerprint density at radius 1 is 1.41 bits per heavy atom. The van der Waals surface area contributed by atoms with Crippen LogP contribution in [0.4, 0.5) is 5.82 Å². The minimum absolute atomic E-state index is 0.746. The number of rotatable bonds is 2. The molecule has 0 atom stereocenters. The topological polar surface area (TPSA) is 43.8 Å². The molecule has 17 heavy (non-hydrogen) atoms. The fraction of sp³-hybridized carbons (Fsp3) is 0.308. The molecule has 0 saturated carbocycles. The molecule has 2 aromatic rings. The molecule has 2 N–H and O–H groups in total. The predicted octanol–water partition coefficient (Wildman–Crippen LogP) is 3.30. The summed E-state index contributed by atoms with van der Waals surface area (Å²) < 4.78 is 2.79. The summed E-state index contributed by atoms with van der Waals surface area (Å²) >= 11 is 3.57. The molecular weight excluding hydrogens is 278 g/mol. The Bertz CT molecular complexity index is 558. The average molecular weight is 294 g/mol.